The highest BCUT2D eigenvalue weighted by Crippen LogP contribution is 2.18. The fourth-order valence-corrected chi connectivity index (χ4v) is 3.47. The van der Waals surface area contributed by atoms with Crippen LogP contribution in [-0.2, 0) is 11.2 Å². The zero-order chi connectivity index (χ0) is 17.9. The lowest BCUT2D eigenvalue weighted by Crippen LogP contribution is -2.37. The molecule has 3 aromatic rings. The van der Waals surface area contributed by atoms with Gasteiger partial charge in [-0.1, -0.05) is 6.07 Å². The predicted molar refractivity (Wildman–Crippen MR) is 98.1 cm³/mol. The SMILES string of the molecule is Cc1cccc(C(=O)N2CCOCC(Cc3nccn4cccc34)C2)n1. The minimum Gasteiger partial charge on any atom is -0.379 e. The number of hydrogen-bond acceptors (Lipinski definition) is 4. The van der Waals surface area contributed by atoms with Crippen molar-refractivity contribution in [3.8, 4) is 0 Å². The number of nitrogens with zero attached hydrogens (tertiary/aromatic N) is 4. The van der Waals surface area contributed by atoms with E-state index >= 15 is 0 Å². The summed E-state index contributed by atoms with van der Waals surface area (Å²) in [6, 6.07) is 9.63. The first-order valence-electron chi connectivity index (χ1n) is 8.92. The Bertz CT molecular complexity index is 921. The quantitative estimate of drug-likeness (QED) is 0.728. The average molecular weight is 350 g/mol. The second kappa shape index (κ2) is 7.25. The zero-order valence-electron chi connectivity index (χ0n) is 14.8. The van der Waals surface area contributed by atoms with Crippen LogP contribution in [0.25, 0.3) is 5.52 Å². The number of pyridine rings is 1. The lowest BCUT2D eigenvalue weighted by molar-refractivity contribution is 0.0731. The average Bonchev–Trinajstić information content (AvgIpc) is 3.01. The Hall–Kier alpha value is -2.73. The van der Waals surface area contributed by atoms with Crippen molar-refractivity contribution in [2.24, 2.45) is 5.92 Å². The number of amides is 1. The summed E-state index contributed by atoms with van der Waals surface area (Å²) in [5.74, 6) is 0.179. The molecule has 6 heteroatoms. The van der Waals surface area contributed by atoms with E-state index in [9.17, 15) is 4.79 Å². The highest BCUT2D eigenvalue weighted by Gasteiger charge is 2.25. The molecule has 1 fully saturated rings. The largest absolute Gasteiger partial charge is 0.379 e. The number of aryl methyl sites for hydroxylation is 1. The summed E-state index contributed by atoms with van der Waals surface area (Å²) < 4.78 is 7.83. The topological polar surface area (TPSA) is 59.7 Å². The third kappa shape index (κ3) is 3.46. The maximum absolute atomic E-state index is 12.9. The van der Waals surface area contributed by atoms with Gasteiger partial charge >= 0.3 is 0 Å². The molecule has 3 aromatic heterocycles. The summed E-state index contributed by atoms with van der Waals surface area (Å²) in [6.07, 6.45) is 6.56. The van der Waals surface area contributed by atoms with E-state index in [1.807, 2.05) is 48.6 Å². The number of hydrogen-bond donors (Lipinski definition) is 0. The molecule has 4 heterocycles. The van der Waals surface area contributed by atoms with Crippen molar-refractivity contribution in [2.75, 3.05) is 26.3 Å². The minimum atomic E-state index is -0.0296. The lowest BCUT2D eigenvalue weighted by atomic mass is 10.0. The van der Waals surface area contributed by atoms with Crippen molar-refractivity contribution in [1.82, 2.24) is 19.3 Å². The van der Waals surface area contributed by atoms with E-state index in [0.717, 1.165) is 23.3 Å². The van der Waals surface area contributed by atoms with Crippen LogP contribution >= 0.6 is 0 Å². The molecule has 0 spiro atoms. The molecule has 0 N–H and O–H groups in total. The molecular formula is C20H22N4O2. The molecule has 134 valence electrons. The van der Waals surface area contributed by atoms with Crippen LogP contribution in [0.15, 0.2) is 48.9 Å². The van der Waals surface area contributed by atoms with Crippen LogP contribution in [0, 0.1) is 12.8 Å². The van der Waals surface area contributed by atoms with Crippen molar-refractivity contribution in [3.63, 3.8) is 0 Å². The molecule has 1 aliphatic rings. The highest BCUT2D eigenvalue weighted by molar-refractivity contribution is 5.92. The van der Waals surface area contributed by atoms with Gasteiger partial charge in [0.1, 0.15) is 5.69 Å². The number of carbonyl (C=O) groups excluding carboxylic acids is 1. The molecule has 0 bridgehead atoms. The summed E-state index contributed by atoms with van der Waals surface area (Å²) in [5, 5.41) is 0. The van der Waals surface area contributed by atoms with Gasteiger partial charge < -0.3 is 14.0 Å². The molecule has 0 saturated carbocycles. The van der Waals surface area contributed by atoms with Gasteiger partial charge in [-0.3, -0.25) is 9.78 Å². The Morgan fingerprint density at radius 1 is 1.27 bits per heavy atom. The molecule has 1 saturated heterocycles. The minimum absolute atomic E-state index is 0.0296. The predicted octanol–water partition coefficient (Wildman–Crippen LogP) is 2.37. The number of carbonyl (C=O) groups is 1. The van der Waals surface area contributed by atoms with Crippen LogP contribution in [0.3, 0.4) is 0 Å². The standard InChI is InChI=1S/C20H22N4O2/c1-15-4-2-5-17(22-15)20(25)24-10-11-26-14-16(13-24)12-18-19-6-3-8-23(19)9-7-21-18/h2-9,16H,10-14H2,1H3. The van der Waals surface area contributed by atoms with Gasteiger partial charge in [0, 0.05) is 43.3 Å². The van der Waals surface area contributed by atoms with Crippen molar-refractivity contribution in [3.05, 3.63) is 66.0 Å². The second-order valence-electron chi connectivity index (χ2n) is 6.74. The smallest absolute Gasteiger partial charge is 0.272 e. The number of aromatic nitrogens is 3. The Morgan fingerprint density at radius 2 is 2.19 bits per heavy atom. The molecule has 0 aliphatic carbocycles. The van der Waals surface area contributed by atoms with E-state index in [0.29, 0.717) is 32.0 Å². The molecule has 0 aromatic carbocycles. The van der Waals surface area contributed by atoms with Gasteiger partial charge in [-0.2, -0.15) is 0 Å². The first kappa shape index (κ1) is 16.7. The van der Waals surface area contributed by atoms with Crippen LogP contribution in [-0.4, -0.2) is 51.5 Å². The first-order valence-corrected chi connectivity index (χ1v) is 8.92. The Morgan fingerprint density at radius 3 is 3.08 bits per heavy atom. The second-order valence-corrected chi connectivity index (χ2v) is 6.74. The van der Waals surface area contributed by atoms with Gasteiger partial charge in [0.2, 0.25) is 0 Å². The summed E-state index contributed by atoms with van der Waals surface area (Å²) >= 11 is 0. The molecule has 26 heavy (non-hydrogen) atoms. The van der Waals surface area contributed by atoms with E-state index in [-0.39, 0.29) is 11.8 Å². The van der Waals surface area contributed by atoms with E-state index in [1.54, 1.807) is 6.07 Å². The van der Waals surface area contributed by atoms with E-state index in [2.05, 4.69) is 20.4 Å². The number of rotatable bonds is 3. The summed E-state index contributed by atoms with van der Waals surface area (Å²) in [7, 11) is 0. The fraction of sp³-hybridized carbons (Fsp3) is 0.350. The molecule has 4 rings (SSSR count). The zero-order valence-corrected chi connectivity index (χ0v) is 14.8. The first-order chi connectivity index (χ1) is 12.7. The van der Waals surface area contributed by atoms with E-state index in [4.69, 9.17) is 4.74 Å². The van der Waals surface area contributed by atoms with Crippen molar-refractivity contribution in [1.29, 1.82) is 0 Å². The fourth-order valence-electron chi connectivity index (χ4n) is 3.47. The normalized spacial score (nSPS) is 18.0. The van der Waals surface area contributed by atoms with Crippen LogP contribution in [0.5, 0.6) is 0 Å². The molecule has 1 unspecified atom stereocenters. The Balaban J connectivity index is 1.52. The lowest BCUT2D eigenvalue weighted by Gasteiger charge is -2.23. The van der Waals surface area contributed by atoms with Gasteiger partial charge in [-0.15, -0.1) is 0 Å². The summed E-state index contributed by atoms with van der Waals surface area (Å²) in [4.78, 5) is 23.6. The van der Waals surface area contributed by atoms with Gasteiger partial charge in [0.15, 0.2) is 0 Å². The molecular weight excluding hydrogens is 328 g/mol. The van der Waals surface area contributed by atoms with Crippen molar-refractivity contribution >= 4 is 11.4 Å². The number of fused-ring (bicyclic) bond motifs is 1. The molecule has 0 radical (unpaired) electrons. The van der Waals surface area contributed by atoms with Crippen LogP contribution in [0.4, 0.5) is 0 Å². The van der Waals surface area contributed by atoms with E-state index in [1.165, 1.54) is 0 Å². The van der Waals surface area contributed by atoms with Crippen LogP contribution < -0.4 is 0 Å². The molecule has 1 amide bonds. The number of ether oxygens (including phenoxy) is 1. The maximum Gasteiger partial charge on any atom is 0.272 e. The summed E-state index contributed by atoms with van der Waals surface area (Å²) in [5.41, 5.74) is 3.49. The third-order valence-electron chi connectivity index (χ3n) is 4.75. The summed E-state index contributed by atoms with van der Waals surface area (Å²) in [6.45, 7) is 4.33. The Labute approximate surface area is 152 Å². The highest BCUT2D eigenvalue weighted by atomic mass is 16.5. The molecule has 1 atom stereocenters. The van der Waals surface area contributed by atoms with Gasteiger partial charge in [-0.25, -0.2) is 4.98 Å². The molecule has 6 nitrogen and oxygen atoms in total. The van der Waals surface area contributed by atoms with Gasteiger partial charge in [0.25, 0.3) is 5.91 Å². The van der Waals surface area contributed by atoms with Gasteiger partial charge in [-0.05, 0) is 37.6 Å². The Kier molecular flexibility index (Phi) is 4.67. The third-order valence-corrected chi connectivity index (χ3v) is 4.75. The van der Waals surface area contributed by atoms with Crippen molar-refractivity contribution < 1.29 is 9.53 Å². The maximum atomic E-state index is 12.9. The van der Waals surface area contributed by atoms with Gasteiger partial charge in [0.05, 0.1) is 24.4 Å². The van der Waals surface area contributed by atoms with Crippen molar-refractivity contribution in [2.45, 2.75) is 13.3 Å². The van der Waals surface area contributed by atoms with Crippen LogP contribution in [0.1, 0.15) is 21.9 Å². The monoisotopic (exact) mass is 350 g/mol. The molecule has 1 aliphatic heterocycles. The van der Waals surface area contributed by atoms with Crippen LogP contribution in [0.2, 0.25) is 0 Å². The van der Waals surface area contributed by atoms with E-state index < -0.39 is 0 Å².